The molecule has 1 aromatic rings. The Kier molecular flexibility index (Phi) is 4.76. The molecule has 1 aliphatic rings. The van der Waals surface area contributed by atoms with E-state index in [1.54, 1.807) is 29.2 Å². The van der Waals surface area contributed by atoms with Gasteiger partial charge >= 0.3 is 0 Å². The van der Waals surface area contributed by atoms with Crippen LogP contribution in [0.5, 0.6) is 5.75 Å². The van der Waals surface area contributed by atoms with Crippen LogP contribution in [0.3, 0.4) is 0 Å². The van der Waals surface area contributed by atoms with Crippen molar-refractivity contribution in [2.75, 3.05) is 32.8 Å². The number of nitriles is 1. The highest BCUT2D eigenvalue weighted by molar-refractivity contribution is 5.77. The molecule has 0 radical (unpaired) electrons. The standard InChI is InChI=1S/C14H17N3O2/c15-10-12-4-1-2-5-13(12)19-11-14(18)17-8-3-6-16-7-9-17/h1-2,4-5,16H,3,6-9,11H2. The van der Waals surface area contributed by atoms with Crippen molar-refractivity contribution in [3.8, 4) is 11.8 Å². The Bertz CT molecular complexity index is 474. The summed E-state index contributed by atoms with van der Waals surface area (Å²) in [4.78, 5) is 13.8. The molecule has 0 aliphatic carbocycles. The number of amides is 1. The summed E-state index contributed by atoms with van der Waals surface area (Å²) in [5, 5.41) is 12.2. The third-order valence-electron chi connectivity index (χ3n) is 3.05. The molecular weight excluding hydrogens is 242 g/mol. The molecule has 19 heavy (non-hydrogen) atoms. The topological polar surface area (TPSA) is 65.4 Å². The van der Waals surface area contributed by atoms with Gasteiger partial charge in [-0.25, -0.2) is 0 Å². The van der Waals surface area contributed by atoms with E-state index >= 15 is 0 Å². The van der Waals surface area contributed by atoms with Crippen LogP contribution in [0, 0.1) is 11.3 Å². The van der Waals surface area contributed by atoms with Crippen LogP contribution in [-0.2, 0) is 4.79 Å². The molecule has 0 spiro atoms. The lowest BCUT2D eigenvalue weighted by Gasteiger charge is -2.20. The number of rotatable bonds is 3. The minimum Gasteiger partial charge on any atom is -0.482 e. The van der Waals surface area contributed by atoms with Crippen molar-refractivity contribution in [2.24, 2.45) is 0 Å². The van der Waals surface area contributed by atoms with Gasteiger partial charge < -0.3 is 15.0 Å². The fraction of sp³-hybridized carbons (Fsp3) is 0.429. The normalized spacial score (nSPS) is 15.4. The Balaban J connectivity index is 1.91. The van der Waals surface area contributed by atoms with Gasteiger partial charge in [0.1, 0.15) is 11.8 Å². The second-order valence-electron chi connectivity index (χ2n) is 4.38. The Labute approximate surface area is 112 Å². The molecule has 2 rings (SSSR count). The van der Waals surface area contributed by atoms with Gasteiger partial charge in [-0.15, -0.1) is 0 Å². The van der Waals surface area contributed by atoms with Crippen molar-refractivity contribution in [3.63, 3.8) is 0 Å². The molecule has 1 N–H and O–H groups in total. The fourth-order valence-corrected chi connectivity index (χ4v) is 2.01. The molecule has 100 valence electrons. The van der Waals surface area contributed by atoms with E-state index in [2.05, 4.69) is 5.32 Å². The van der Waals surface area contributed by atoms with E-state index in [9.17, 15) is 4.79 Å². The quantitative estimate of drug-likeness (QED) is 0.870. The molecule has 0 saturated carbocycles. The SMILES string of the molecule is N#Cc1ccccc1OCC(=O)N1CCCNCC1. The number of benzene rings is 1. The van der Waals surface area contributed by atoms with E-state index < -0.39 is 0 Å². The zero-order valence-electron chi connectivity index (χ0n) is 10.8. The van der Waals surface area contributed by atoms with E-state index in [1.165, 1.54) is 0 Å². The van der Waals surface area contributed by atoms with Crippen LogP contribution >= 0.6 is 0 Å². The first kappa shape index (κ1) is 13.4. The van der Waals surface area contributed by atoms with Gasteiger partial charge in [0.2, 0.25) is 0 Å². The molecule has 0 aromatic heterocycles. The Morgan fingerprint density at radius 2 is 2.21 bits per heavy atom. The molecule has 5 heteroatoms. The summed E-state index contributed by atoms with van der Waals surface area (Å²) in [6.45, 7) is 3.22. The van der Waals surface area contributed by atoms with E-state index in [0.29, 0.717) is 17.9 Å². The monoisotopic (exact) mass is 259 g/mol. The van der Waals surface area contributed by atoms with Crippen LogP contribution in [0.2, 0.25) is 0 Å². The number of para-hydroxylation sites is 1. The summed E-state index contributed by atoms with van der Waals surface area (Å²) in [5.41, 5.74) is 0.452. The van der Waals surface area contributed by atoms with Crippen molar-refractivity contribution in [1.29, 1.82) is 5.26 Å². The molecule has 1 amide bonds. The van der Waals surface area contributed by atoms with Gasteiger partial charge in [0.25, 0.3) is 5.91 Å². The van der Waals surface area contributed by atoms with Crippen molar-refractivity contribution >= 4 is 5.91 Å². The van der Waals surface area contributed by atoms with E-state index in [-0.39, 0.29) is 12.5 Å². The third kappa shape index (κ3) is 3.70. The molecule has 1 aliphatic heterocycles. The smallest absolute Gasteiger partial charge is 0.260 e. The number of nitrogens with zero attached hydrogens (tertiary/aromatic N) is 2. The molecule has 1 saturated heterocycles. The predicted molar refractivity (Wildman–Crippen MR) is 70.7 cm³/mol. The largest absolute Gasteiger partial charge is 0.482 e. The maximum absolute atomic E-state index is 12.0. The summed E-state index contributed by atoms with van der Waals surface area (Å²) < 4.78 is 5.45. The average Bonchev–Trinajstić information content (AvgIpc) is 2.74. The van der Waals surface area contributed by atoms with Crippen LogP contribution in [-0.4, -0.2) is 43.6 Å². The minimum atomic E-state index is -0.0311. The Morgan fingerprint density at radius 1 is 1.37 bits per heavy atom. The van der Waals surface area contributed by atoms with Gasteiger partial charge in [-0.2, -0.15) is 5.26 Å². The lowest BCUT2D eigenvalue weighted by molar-refractivity contribution is -0.133. The highest BCUT2D eigenvalue weighted by Gasteiger charge is 2.16. The lowest BCUT2D eigenvalue weighted by Crippen LogP contribution is -2.37. The van der Waals surface area contributed by atoms with Crippen LogP contribution in [0.25, 0.3) is 0 Å². The van der Waals surface area contributed by atoms with Crippen LogP contribution in [0.15, 0.2) is 24.3 Å². The number of hydrogen-bond acceptors (Lipinski definition) is 4. The van der Waals surface area contributed by atoms with Gasteiger partial charge in [-0.05, 0) is 25.1 Å². The van der Waals surface area contributed by atoms with E-state index in [0.717, 1.165) is 26.1 Å². The highest BCUT2D eigenvalue weighted by atomic mass is 16.5. The van der Waals surface area contributed by atoms with E-state index in [4.69, 9.17) is 10.00 Å². The number of carbonyl (C=O) groups excluding carboxylic acids is 1. The summed E-state index contributed by atoms with van der Waals surface area (Å²) in [6, 6.07) is 8.99. The van der Waals surface area contributed by atoms with Gasteiger partial charge in [0.05, 0.1) is 5.56 Å². The Hall–Kier alpha value is -2.06. The van der Waals surface area contributed by atoms with E-state index in [1.807, 2.05) is 6.07 Å². The van der Waals surface area contributed by atoms with Crippen molar-refractivity contribution < 1.29 is 9.53 Å². The second kappa shape index (κ2) is 6.76. The maximum atomic E-state index is 12.0. The zero-order chi connectivity index (χ0) is 13.5. The van der Waals surface area contributed by atoms with Crippen molar-refractivity contribution in [2.45, 2.75) is 6.42 Å². The number of ether oxygens (including phenoxy) is 1. The number of nitrogens with one attached hydrogen (secondary N) is 1. The summed E-state index contributed by atoms with van der Waals surface area (Å²) in [5.74, 6) is 0.433. The maximum Gasteiger partial charge on any atom is 0.260 e. The fourth-order valence-electron chi connectivity index (χ4n) is 2.01. The second-order valence-corrected chi connectivity index (χ2v) is 4.38. The van der Waals surface area contributed by atoms with Crippen molar-refractivity contribution in [3.05, 3.63) is 29.8 Å². The first-order valence-electron chi connectivity index (χ1n) is 6.41. The van der Waals surface area contributed by atoms with Gasteiger partial charge in [0.15, 0.2) is 6.61 Å². The lowest BCUT2D eigenvalue weighted by atomic mass is 10.2. The highest BCUT2D eigenvalue weighted by Crippen LogP contribution is 2.16. The summed E-state index contributed by atoms with van der Waals surface area (Å²) in [7, 11) is 0. The first-order chi connectivity index (χ1) is 9.31. The molecule has 1 aromatic carbocycles. The number of carbonyl (C=O) groups is 1. The van der Waals surface area contributed by atoms with Gasteiger partial charge in [0, 0.05) is 19.6 Å². The third-order valence-corrected chi connectivity index (χ3v) is 3.05. The van der Waals surface area contributed by atoms with Crippen LogP contribution in [0.1, 0.15) is 12.0 Å². The predicted octanol–water partition coefficient (Wildman–Crippen LogP) is 0.759. The molecule has 0 atom stereocenters. The molecular formula is C14H17N3O2. The molecule has 1 fully saturated rings. The zero-order valence-corrected chi connectivity index (χ0v) is 10.8. The minimum absolute atomic E-state index is 0.0152. The van der Waals surface area contributed by atoms with Gasteiger partial charge in [-0.1, -0.05) is 12.1 Å². The summed E-state index contributed by atoms with van der Waals surface area (Å²) in [6.07, 6.45) is 0.959. The molecule has 5 nitrogen and oxygen atoms in total. The average molecular weight is 259 g/mol. The first-order valence-corrected chi connectivity index (χ1v) is 6.41. The van der Waals surface area contributed by atoms with Crippen LogP contribution in [0.4, 0.5) is 0 Å². The molecule has 0 bridgehead atoms. The Morgan fingerprint density at radius 3 is 3.05 bits per heavy atom. The number of hydrogen-bond donors (Lipinski definition) is 1. The molecule has 0 unspecified atom stereocenters. The van der Waals surface area contributed by atoms with Crippen LogP contribution < -0.4 is 10.1 Å². The van der Waals surface area contributed by atoms with Crippen molar-refractivity contribution in [1.82, 2.24) is 10.2 Å². The molecule has 1 heterocycles. The summed E-state index contributed by atoms with van der Waals surface area (Å²) >= 11 is 0. The van der Waals surface area contributed by atoms with Gasteiger partial charge in [-0.3, -0.25) is 4.79 Å².